The van der Waals surface area contributed by atoms with Crippen molar-refractivity contribution in [3.05, 3.63) is 29.1 Å². The van der Waals surface area contributed by atoms with E-state index in [1.54, 1.807) is 0 Å². The van der Waals surface area contributed by atoms with Crippen LogP contribution in [0.1, 0.15) is 40.5 Å². The molecule has 0 unspecified atom stereocenters. The van der Waals surface area contributed by atoms with E-state index >= 15 is 0 Å². The van der Waals surface area contributed by atoms with E-state index in [9.17, 15) is 4.79 Å². The summed E-state index contributed by atoms with van der Waals surface area (Å²) in [7, 11) is 0. The Labute approximate surface area is 81.8 Å². The molecule has 4 nitrogen and oxygen atoms in total. The molecule has 0 radical (unpaired) electrons. The van der Waals surface area contributed by atoms with Gasteiger partial charge in [-0.05, 0) is 30.5 Å². The molecular weight excluding hydrogens is 180 g/mol. The third-order valence-electron chi connectivity index (χ3n) is 2.34. The molecule has 0 bridgehead atoms. The van der Waals surface area contributed by atoms with Crippen LogP contribution in [0.15, 0.2) is 12.1 Å². The molecule has 74 valence electrons. The molecule has 0 saturated heterocycles. The van der Waals surface area contributed by atoms with E-state index in [1.165, 1.54) is 6.07 Å². The minimum absolute atomic E-state index is 0.0808. The van der Waals surface area contributed by atoms with Gasteiger partial charge in [-0.3, -0.25) is 4.79 Å². The minimum atomic E-state index is -0.540. The van der Waals surface area contributed by atoms with Crippen LogP contribution in [0.4, 0.5) is 0 Å². The Morgan fingerprint density at radius 2 is 2.29 bits per heavy atom. The van der Waals surface area contributed by atoms with Gasteiger partial charge in [0.2, 0.25) is 0 Å². The summed E-state index contributed by atoms with van der Waals surface area (Å²) < 4.78 is 0. The smallest absolute Gasteiger partial charge is 0.267 e. The van der Waals surface area contributed by atoms with Crippen LogP contribution >= 0.6 is 0 Å². The Kier molecular flexibility index (Phi) is 2.21. The van der Waals surface area contributed by atoms with Crippen LogP contribution in [0, 0.1) is 0 Å². The molecule has 1 aliphatic carbocycles. The zero-order valence-electron chi connectivity index (χ0n) is 7.73. The highest BCUT2D eigenvalue weighted by atomic mass is 16.3. The van der Waals surface area contributed by atoms with Crippen LogP contribution in [0.2, 0.25) is 0 Å². The Morgan fingerprint density at radius 3 is 2.79 bits per heavy atom. The molecule has 0 aliphatic heterocycles. The first-order valence-electron chi connectivity index (χ1n) is 4.62. The Bertz CT molecular complexity index is 372. The SMILES string of the molecule is NC(=O)c1cc(CO)cc(C2CC2)n1. The number of carbonyl (C=O) groups is 1. The lowest BCUT2D eigenvalue weighted by molar-refractivity contribution is 0.0995. The molecule has 1 amide bonds. The second-order valence-corrected chi connectivity index (χ2v) is 3.58. The number of hydrogen-bond acceptors (Lipinski definition) is 3. The minimum Gasteiger partial charge on any atom is -0.392 e. The Hall–Kier alpha value is -1.42. The first kappa shape index (κ1) is 9.15. The van der Waals surface area contributed by atoms with Gasteiger partial charge in [0.05, 0.1) is 6.61 Å². The van der Waals surface area contributed by atoms with Gasteiger partial charge in [0, 0.05) is 11.6 Å². The number of hydrogen-bond donors (Lipinski definition) is 2. The number of aromatic nitrogens is 1. The molecular formula is C10H12N2O2. The summed E-state index contributed by atoms with van der Waals surface area (Å²) in [6, 6.07) is 3.37. The zero-order chi connectivity index (χ0) is 10.1. The van der Waals surface area contributed by atoms with E-state index in [0.717, 1.165) is 18.5 Å². The first-order valence-corrected chi connectivity index (χ1v) is 4.62. The predicted octanol–water partition coefficient (Wildman–Crippen LogP) is 0.550. The summed E-state index contributed by atoms with van der Waals surface area (Å²) in [6.45, 7) is -0.0808. The highest BCUT2D eigenvalue weighted by molar-refractivity contribution is 5.90. The van der Waals surface area contributed by atoms with Crippen molar-refractivity contribution in [3.8, 4) is 0 Å². The second-order valence-electron chi connectivity index (χ2n) is 3.58. The maximum absolute atomic E-state index is 10.9. The van der Waals surface area contributed by atoms with Crippen molar-refractivity contribution in [2.75, 3.05) is 0 Å². The molecule has 0 aromatic carbocycles. The fourth-order valence-electron chi connectivity index (χ4n) is 1.42. The van der Waals surface area contributed by atoms with E-state index in [-0.39, 0.29) is 12.3 Å². The lowest BCUT2D eigenvalue weighted by Crippen LogP contribution is -2.14. The van der Waals surface area contributed by atoms with Crippen molar-refractivity contribution >= 4 is 5.91 Å². The fourth-order valence-corrected chi connectivity index (χ4v) is 1.42. The summed E-state index contributed by atoms with van der Waals surface area (Å²) in [4.78, 5) is 15.1. The van der Waals surface area contributed by atoms with Crippen LogP contribution in [-0.2, 0) is 6.61 Å². The molecule has 0 atom stereocenters. The van der Waals surface area contributed by atoms with Crippen molar-refractivity contribution in [1.29, 1.82) is 0 Å². The number of nitrogens with zero attached hydrogens (tertiary/aromatic N) is 1. The molecule has 1 saturated carbocycles. The molecule has 3 N–H and O–H groups in total. The second kappa shape index (κ2) is 3.38. The predicted molar refractivity (Wildman–Crippen MR) is 50.7 cm³/mol. The monoisotopic (exact) mass is 192 g/mol. The summed E-state index contributed by atoms with van der Waals surface area (Å²) in [6.07, 6.45) is 2.22. The number of aliphatic hydroxyl groups excluding tert-OH is 1. The summed E-state index contributed by atoms with van der Waals surface area (Å²) in [5.74, 6) is -0.0817. The number of nitrogens with two attached hydrogens (primary N) is 1. The van der Waals surface area contributed by atoms with Crippen molar-refractivity contribution in [2.45, 2.75) is 25.4 Å². The largest absolute Gasteiger partial charge is 0.392 e. The van der Waals surface area contributed by atoms with Crippen LogP contribution < -0.4 is 5.73 Å². The third-order valence-corrected chi connectivity index (χ3v) is 2.34. The van der Waals surface area contributed by atoms with Crippen molar-refractivity contribution < 1.29 is 9.90 Å². The number of rotatable bonds is 3. The van der Waals surface area contributed by atoms with Gasteiger partial charge in [0.15, 0.2) is 0 Å². The zero-order valence-corrected chi connectivity index (χ0v) is 7.73. The Morgan fingerprint density at radius 1 is 1.57 bits per heavy atom. The standard InChI is InChI=1S/C10H12N2O2/c11-10(14)9-4-6(5-13)3-8(12-9)7-1-2-7/h3-4,7,13H,1-2,5H2,(H2,11,14). The van der Waals surface area contributed by atoms with Gasteiger partial charge in [-0.15, -0.1) is 0 Å². The molecule has 2 rings (SSSR count). The molecule has 1 fully saturated rings. The van der Waals surface area contributed by atoms with E-state index in [0.29, 0.717) is 11.5 Å². The van der Waals surface area contributed by atoms with E-state index in [1.807, 2.05) is 6.07 Å². The topological polar surface area (TPSA) is 76.2 Å². The lowest BCUT2D eigenvalue weighted by Gasteiger charge is -2.03. The maximum Gasteiger partial charge on any atom is 0.267 e. The summed E-state index contributed by atoms with van der Waals surface area (Å²) >= 11 is 0. The van der Waals surface area contributed by atoms with Gasteiger partial charge in [0.25, 0.3) is 5.91 Å². The van der Waals surface area contributed by atoms with Crippen LogP contribution in [0.25, 0.3) is 0 Å². The Balaban J connectivity index is 2.40. The molecule has 1 heterocycles. The maximum atomic E-state index is 10.9. The van der Waals surface area contributed by atoms with Crippen molar-refractivity contribution in [2.24, 2.45) is 5.73 Å². The van der Waals surface area contributed by atoms with Crippen LogP contribution in [-0.4, -0.2) is 16.0 Å². The molecule has 1 aromatic heterocycles. The normalized spacial score (nSPS) is 15.5. The van der Waals surface area contributed by atoms with E-state index in [2.05, 4.69) is 4.98 Å². The molecule has 0 spiro atoms. The van der Waals surface area contributed by atoms with Gasteiger partial charge in [-0.25, -0.2) is 4.98 Å². The summed E-state index contributed by atoms with van der Waals surface area (Å²) in [5.41, 5.74) is 6.98. The molecule has 1 aliphatic rings. The highest BCUT2D eigenvalue weighted by Crippen LogP contribution is 2.39. The van der Waals surface area contributed by atoms with E-state index in [4.69, 9.17) is 10.8 Å². The first-order chi connectivity index (χ1) is 6.70. The number of amides is 1. The molecule has 1 aromatic rings. The third kappa shape index (κ3) is 1.75. The highest BCUT2D eigenvalue weighted by Gasteiger charge is 2.26. The van der Waals surface area contributed by atoms with Gasteiger partial charge in [-0.2, -0.15) is 0 Å². The number of aliphatic hydroxyl groups is 1. The van der Waals surface area contributed by atoms with Crippen molar-refractivity contribution in [3.63, 3.8) is 0 Å². The van der Waals surface area contributed by atoms with Crippen LogP contribution in [0.5, 0.6) is 0 Å². The average molecular weight is 192 g/mol. The average Bonchev–Trinajstić information content (AvgIpc) is 3.00. The van der Waals surface area contributed by atoms with Gasteiger partial charge in [-0.1, -0.05) is 0 Å². The van der Waals surface area contributed by atoms with Crippen LogP contribution in [0.3, 0.4) is 0 Å². The molecule has 14 heavy (non-hydrogen) atoms. The fraction of sp³-hybridized carbons (Fsp3) is 0.400. The number of carbonyl (C=O) groups excluding carboxylic acids is 1. The van der Waals surface area contributed by atoms with E-state index < -0.39 is 5.91 Å². The lowest BCUT2D eigenvalue weighted by atomic mass is 10.1. The molecule has 4 heteroatoms. The van der Waals surface area contributed by atoms with Gasteiger partial charge >= 0.3 is 0 Å². The number of primary amides is 1. The van der Waals surface area contributed by atoms with Gasteiger partial charge in [0.1, 0.15) is 5.69 Å². The van der Waals surface area contributed by atoms with Gasteiger partial charge < -0.3 is 10.8 Å². The quantitative estimate of drug-likeness (QED) is 0.734. The van der Waals surface area contributed by atoms with Crippen molar-refractivity contribution in [1.82, 2.24) is 4.98 Å². The number of pyridine rings is 1. The summed E-state index contributed by atoms with van der Waals surface area (Å²) in [5, 5.41) is 8.99.